The Morgan fingerprint density at radius 3 is 2.62 bits per heavy atom. The maximum atomic E-state index is 13.0. The van der Waals surface area contributed by atoms with Crippen molar-refractivity contribution in [3.05, 3.63) is 46.7 Å². The second-order valence-electron chi connectivity index (χ2n) is 5.87. The molecule has 0 aromatic heterocycles. The zero-order valence-corrected chi connectivity index (χ0v) is 14.6. The van der Waals surface area contributed by atoms with Crippen LogP contribution in [0.4, 0.5) is 18.0 Å². The second-order valence-corrected chi connectivity index (χ2v) is 5.87. The molecule has 1 aromatic rings. The molecule has 2 rings (SSSR count). The van der Waals surface area contributed by atoms with E-state index in [4.69, 9.17) is 4.74 Å². The van der Waals surface area contributed by atoms with Crippen LogP contribution in [0.5, 0.6) is 0 Å². The molecular formula is C18H21F3N2O3. The quantitative estimate of drug-likeness (QED) is 0.742. The first kappa shape index (κ1) is 19.8. The molecule has 0 aliphatic carbocycles. The summed E-state index contributed by atoms with van der Waals surface area (Å²) in [7, 11) is 0. The third kappa shape index (κ3) is 4.56. The normalized spacial score (nSPS) is 17.6. The van der Waals surface area contributed by atoms with Crippen molar-refractivity contribution in [2.75, 3.05) is 6.61 Å². The van der Waals surface area contributed by atoms with Gasteiger partial charge in [-0.15, -0.1) is 0 Å². The molecule has 8 heteroatoms. The largest absolute Gasteiger partial charge is 0.463 e. The lowest BCUT2D eigenvalue weighted by molar-refractivity contribution is -0.139. The predicted molar refractivity (Wildman–Crippen MR) is 89.0 cm³/mol. The highest BCUT2D eigenvalue weighted by Crippen LogP contribution is 2.34. The van der Waals surface area contributed by atoms with Gasteiger partial charge in [0.05, 0.1) is 23.8 Å². The molecule has 1 unspecified atom stereocenters. The minimum Gasteiger partial charge on any atom is -0.463 e. The molecule has 0 bridgehead atoms. The molecule has 0 spiro atoms. The van der Waals surface area contributed by atoms with Crippen LogP contribution in [0.3, 0.4) is 0 Å². The van der Waals surface area contributed by atoms with Gasteiger partial charge >= 0.3 is 18.2 Å². The summed E-state index contributed by atoms with van der Waals surface area (Å²) >= 11 is 0. The number of esters is 1. The third-order valence-corrected chi connectivity index (χ3v) is 3.98. The number of carbonyl (C=O) groups is 2. The smallest absolute Gasteiger partial charge is 0.416 e. The molecule has 26 heavy (non-hydrogen) atoms. The molecular weight excluding hydrogens is 349 g/mol. The van der Waals surface area contributed by atoms with Crippen molar-refractivity contribution in [3.63, 3.8) is 0 Å². The van der Waals surface area contributed by atoms with Crippen molar-refractivity contribution >= 4 is 12.0 Å². The van der Waals surface area contributed by atoms with E-state index in [1.165, 1.54) is 12.1 Å². The van der Waals surface area contributed by atoms with Gasteiger partial charge in [-0.2, -0.15) is 13.2 Å². The summed E-state index contributed by atoms with van der Waals surface area (Å²) in [6, 6.07) is 3.01. The van der Waals surface area contributed by atoms with Gasteiger partial charge in [0, 0.05) is 5.70 Å². The lowest BCUT2D eigenvalue weighted by atomic mass is 9.92. The number of amides is 2. The van der Waals surface area contributed by atoms with Crippen molar-refractivity contribution in [2.24, 2.45) is 0 Å². The fourth-order valence-electron chi connectivity index (χ4n) is 2.76. The van der Waals surface area contributed by atoms with Crippen LogP contribution >= 0.6 is 0 Å². The lowest BCUT2D eigenvalue weighted by Crippen LogP contribution is -2.46. The molecule has 1 aliphatic rings. The monoisotopic (exact) mass is 370 g/mol. The van der Waals surface area contributed by atoms with E-state index in [0.29, 0.717) is 18.5 Å². The van der Waals surface area contributed by atoms with Crippen LogP contribution in [0.2, 0.25) is 0 Å². The number of urea groups is 1. The van der Waals surface area contributed by atoms with E-state index in [-0.39, 0.29) is 17.7 Å². The topological polar surface area (TPSA) is 67.4 Å². The number of rotatable bonds is 6. The maximum Gasteiger partial charge on any atom is 0.416 e. The molecule has 142 valence electrons. The summed E-state index contributed by atoms with van der Waals surface area (Å²) in [6.07, 6.45) is -2.55. The van der Waals surface area contributed by atoms with Gasteiger partial charge in [-0.05, 0) is 37.5 Å². The lowest BCUT2D eigenvalue weighted by Gasteiger charge is -2.29. The van der Waals surface area contributed by atoms with E-state index in [0.717, 1.165) is 18.6 Å². The number of nitrogens with one attached hydrogen (secondary N) is 2. The average Bonchev–Trinajstić information content (AvgIpc) is 2.59. The molecule has 0 saturated heterocycles. The first-order valence-electron chi connectivity index (χ1n) is 8.42. The highest BCUT2D eigenvalue weighted by molar-refractivity contribution is 5.95. The molecule has 0 fully saturated rings. The van der Waals surface area contributed by atoms with Crippen LogP contribution in [0, 0.1) is 0 Å². The zero-order chi connectivity index (χ0) is 19.3. The van der Waals surface area contributed by atoms with Gasteiger partial charge in [-0.1, -0.05) is 25.5 Å². The van der Waals surface area contributed by atoms with Gasteiger partial charge in [0.25, 0.3) is 0 Å². The zero-order valence-electron chi connectivity index (χ0n) is 14.6. The Morgan fingerprint density at radius 2 is 2.00 bits per heavy atom. The third-order valence-electron chi connectivity index (χ3n) is 3.98. The van der Waals surface area contributed by atoms with E-state index in [1.807, 2.05) is 6.92 Å². The SMILES string of the molecule is CCCCC1=C(C(=O)OCC)C(c2cccc(C(F)(F)F)c2)NC(=O)N1. The number of carbonyl (C=O) groups excluding carboxylic acids is 2. The van der Waals surface area contributed by atoms with E-state index in [1.54, 1.807) is 6.92 Å². The first-order valence-corrected chi connectivity index (χ1v) is 8.42. The highest BCUT2D eigenvalue weighted by atomic mass is 19.4. The number of unbranched alkanes of at least 4 members (excludes halogenated alkanes) is 1. The van der Waals surface area contributed by atoms with E-state index in [2.05, 4.69) is 10.6 Å². The Balaban J connectivity index is 2.52. The Bertz CT molecular complexity index is 714. The molecule has 0 radical (unpaired) electrons. The van der Waals surface area contributed by atoms with Gasteiger partial charge < -0.3 is 15.4 Å². The molecule has 2 N–H and O–H groups in total. The van der Waals surface area contributed by atoms with Gasteiger partial charge in [0.1, 0.15) is 0 Å². The summed E-state index contributed by atoms with van der Waals surface area (Å²) in [5, 5.41) is 5.12. The number of ether oxygens (including phenoxy) is 1. The van der Waals surface area contributed by atoms with Crippen LogP contribution in [-0.4, -0.2) is 18.6 Å². The number of hydrogen-bond acceptors (Lipinski definition) is 3. The Kier molecular flexibility index (Phi) is 6.28. The standard InChI is InChI=1S/C18H21F3N2O3/c1-3-5-9-13-14(16(24)26-4-2)15(23-17(25)22-13)11-7-6-8-12(10-11)18(19,20)21/h6-8,10,15H,3-5,9H2,1-2H3,(H2,22,23,25). The van der Waals surface area contributed by atoms with Gasteiger partial charge in [0.15, 0.2) is 0 Å². The predicted octanol–water partition coefficient (Wildman–Crippen LogP) is 4.07. The molecule has 1 aromatic carbocycles. The van der Waals surface area contributed by atoms with Crippen LogP contribution in [0.1, 0.15) is 50.3 Å². The minimum atomic E-state index is -4.52. The van der Waals surface area contributed by atoms with Gasteiger partial charge in [0.2, 0.25) is 0 Å². The van der Waals surface area contributed by atoms with E-state index < -0.39 is 29.8 Å². The summed E-state index contributed by atoms with van der Waals surface area (Å²) < 4.78 is 44.2. The molecule has 2 amide bonds. The highest BCUT2D eigenvalue weighted by Gasteiger charge is 2.36. The van der Waals surface area contributed by atoms with Crippen molar-refractivity contribution in [1.29, 1.82) is 0 Å². The number of alkyl halides is 3. The molecule has 1 atom stereocenters. The summed E-state index contributed by atoms with van der Waals surface area (Å²) in [4.78, 5) is 24.4. The summed E-state index contributed by atoms with van der Waals surface area (Å²) in [5.74, 6) is -0.659. The average molecular weight is 370 g/mol. The van der Waals surface area contributed by atoms with E-state index in [9.17, 15) is 22.8 Å². The Hall–Kier alpha value is -2.51. The number of halogens is 3. The maximum absolute atomic E-state index is 13.0. The fourth-order valence-corrected chi connectivity index (χ4v) is 2.76. The molecule has 1 aliphatic heterocycles. The molecule has 0 saturated carbocycles. The number of hydrogen-bond donors (Lipinski definition) is 2. The van der Waals surface area contributed by atoms with Crippen molar-refractivity contribution < 1.29 is 27.5 Å². The summed E-state index contributed by atoms with van der Waals surface area (Å²) in [5.41, 5.74) is -0.150. The first-order chi connectivity index (χ1) is 12.3. The Labute approximate surface area is 149 Å². The van der Waals surface area contributed by atoms with Gasteiger partial charge in [-0.25, -0.2) is 9.59 Å². The second kappa shape index (κ2) is 8.25. The number of allylic oxidation sites excluding steroid dienone is 1. The van der Waals surface area contributed by atoms with E-state index >= 15 is 0 Å². The number of benzene rings is 1. The van der Waals surface area contributed by atoms with Crippen LogP contribution in [-0.2, 0) is 15.7 Å². The van der Waals surface area contributed by atoms with Crippen LogP contribution < -0.4 is 10.6 Å². The Morgan fingerprint density at radius 1 is 1.27 bits per heavy atom. The van der Waals surface area contributed by atoms with Crippen LogP contribution in [0.25, 0.3) is 0 Å². The van der Waals surface area contributed by atoms with Crippen molar-refractivity contribution in [1.82, 2.24) is 10.6 Å². The summed E-state index contributed by atoms with van der Waals surface area (Å²) in [6.45, 7) is 3.71. The van der Waals surface area contributed by atoms with Crippen LogP contribution in [0.15, 0.2) is 35.5 Å². The molecule has 1 heterocycles. The van der Waals surface area contributed by atoms with Crippen molar-refractivity contribution in [2.45, 2.75) is 45.3 Å². The van der Waals surface area contributed by atoms with Crippen molar-refractivity contribution in [3.8, 4) is 0 Å². The molecule has 5 nitrogen and oxygen atoms in total. The minimum absolute atomic E-state index is 0.118. The van der Waals surface area contributed by atoms with Gasteiger partial charge in [-0.3, -0.25) is 0 Å². The fraction of sp³-hybridized carbons (Fsp3) is 0.444.